The zero-order valence-corrected chi connectivity index (χ0v) is 10.0. The lowest BCUT2D eigenvalue weighted by Crippen LogP contribution is -2.28. The lowest BCUT2D eigenvalue weighted by molar-refractivity contribution is 0.287. The van der Waals surface area contributed by atoms with Gasteiger partial charge in [-0.2, -0.15) is 0 Å². The normalized spacial score (nSPS) is 11.2. The lowest BCUT2D eigenvalue weighted by Gasteiger charge is -2.17. The van der Waals surface area contributed by atoms with E-state index in [1.165, 1.54) is 9.88 Å². The van der Waals surface area contributed by atoms with Crippen LogP contribution in [-0.4, -0.2) is 29.5 Å². The van der Waals surface area contributed by atoms with Gasteiger partial charge in [-0.3, -0.25) is 4.90 Å². The maximum Gasteiger partial charge on any atom is 0.107 e. The van der Waals surface area contributed by atoms with Gasteiger partial charge in [0.1, 0.15) is 5.01 Å². The summed E-state index contributed by atoms with van der Waals surface area (Å²) in [5.74, 6) is 0. The number of hydrogen-bond acceptors (Lipinski definition) is 4. The van der Waals surface area contributed by atoms with E-state index in [0.29, 0.717) is 0 Å². The molecule has 4 heteroatoms. The lowest BCUT2D eigenvalue weighted by atomic mass is 10.4. The number of nitrogens with two attached hydrogens (primary N) is 1. The van der Waals surface area contributed by atoms with E-state index in [0.717, 1.165) is 31.9 Å². The molecule has 0 bridgehead atoms. The van der Waals surface area contributed by atoms with E-state index in [1.807, 2.05) is 0 Å². The number of rotatable bonds is 5. The van der Waals surface area contributed by atoms with Crippen molar-refractivity contribution in [3.8, 4) is 0 Å². The molecule has 0 saturated heterocycles. The van der Waals surface area contributed by atoms with Crippen LogP contribution >= 0.6 is 11.3 Å². The van der Waals surface area contributed by atoms with Gasteiger partial charge >= 0.3 is 0 Å². The first-order chi connectivity index (χ1) is 6.67. The molecule has 1 heterocycles. The van der Waals surface area contributed by atoms with Gasteiger partial charge in [-0.25, -0.2) is 4.98 Å². The Bertz CT molecular complexity index is 263. The maximum atomic E-state index is 5.54. The molecule has 0 fully saturated rings. The molecule has 0 amide bonds. The van der Waals surface area contributed by atoms with E-state index in [2.05, 4.69) is 30.7 Å². The van der Waals surface area contributed by atoms with Crippen LogP contribution in [0, 0.1) is 13.8 Å². The molecule has 1 rings (SSSR count). The summed E-state index contributed by atoms with van der Waals surface area (Å²) in [7, 11) is 0. The van der Waals surface area contributed by atoms with Gasteiger partial charge < -0.3 is 5.73 Å². The Hall–Kier alpha value is -0.450. The van der Waals surface area contributed by atoms with Crippen molar-refractivity contribution in [2.45, 2.75) is 27.3 Å². The quantitative estimate of drug-likeness (QED) is 0.807. The Morgan fingerprint density at radius 2 is 2.14 bits per heavy atom. The molecule has 14 heavy (non-hydrogen) atoms. The molecule has 0 radical (unpaired) electrons. The van der Waals surface area contributed by atoms with Gasteiger partial charge in [0.2, 0.25) is 0 Å². The zero-order chi connectivity index (χ0) is 10.6. The van der Waals surface area contributed by atoms with Crippen LogP contribution in [0.1, 0.15) is 22.5 Å². The third-order valence-electron chi connectivity index (χ3n) is 2.32. The first-order valence-electron chi connectivity index (χ1n) is 5.02. The van der Waals surface area contributed by atoms with Crippen LogP contribution in [0.4, 0.5) is 0 Å². The largest absolute Gasteiger partial charge is 0.329 e. The zero-order valence-electron chi connectivity index (χ0n) is 9.21. The molecular formula is C10H19N3S. The molecule has 80 valence electrons. The summed E-state index contributed by atoms with van der Waals surface area (Å²) in [6, 6.07) is 0. The second-order valence-electron chi connectivity index (χ2n) is 3.41. The van der Waals surface area contributed by atoms with Gasteiger partial charge in [0.25, 0.3) is 0 Å². The summed E-state index contributed by atoms with van der Waals surface area (Å²) in [6.07, 6.45) is 0. The summed E-state index contributed by atoms with van der Waals surface area (Å²) < 4.78 is 0. The van der Waals surface area contributed by atoms with Crippen LogP contribution in [0.25, 0.3) is 0 Å². The number of aromatic nitrogens is 1. The highest BCUT2D eigenvalue weighted by atomic mass is 32.1. The first-order valence-corrected chi connectivity index (χ1v) is 5.84. The van der Waals surface area contributed by atoms with Crippen LogP contribution in [0.15, 0.2) is 0 Å². The van der Waals surface area contributed by atoms with Crippen molar-refractivity contribution in [2.24, 2.45) is 5.73 Å². The van der Waals surface area contributed by atoms with Crippen LogP contribution < -0.4 is 5.73 Å². The monoisotopic (exact) mass is 213 g/mol. The van der Waals surface area contributed by atoms with Crippen LogP contribution in [0.3, 0.4) is 0 Å². The maximum absolute atomic E-state index is 5.54. The van der Waals surface area contributed by atoms with Crippen molar-refractivity contribution >= 4 is 11.3 Å². The Labute approximate surface area is 89.9 Å². The molecule has 0 spiro atoms. The highest BCUT2D eigenvalue weighted by molar-refractivity contribution is 7.11. The van der Waals surface area contributed by atoms with Crippen molar-refractivity contribution in [2.75, 3.05) is 19.6 Å². The molecule has 0 unspecified atom stereocenters. The predicted octanol–water partition coefficient (Wildman–Crippen LogP) is 1.54. The van der Waals surface area contributed by atoms with Crippen molar-refractivity contribution in [3.05, 3.63) is 15.6 Å². The fourth-order valence-corrected chi connectivity index (χ4v) is 2.31. The van der Waals surface area contributed by atoms with Crippen LogP contribution in [-0.2, 0) is 6.54 Å². The molecule has 0 atom stereocenters. The molecule has 1 aromatic rings. The minimum atomic E-state index is 0.719. The third-order valence-corrected chi connectivity index (χ3v) is 3.38. The van der Waals surface area contributed by atoms with E-state index in [4.69, 9.17) is 5.73 Å². The van der Waals surface area contributed by atoms with E-state index in [-0.39, 0.29) is 0 Å². The molecule has 0 aromatic carbocycles. The summed E-state index contributed by atoms with van der Waals surface area (Å²) in [6.45, 7) is 9.99. The van der Waals surface area contributed by atoms with Gasteiger partial charge in [0, 0.05) is 18.0 Å². The number of likely N-dealkylation sites (N-methyl/N-ethyl adjacent to an activating group) is 1. The molecular weight excluding hydrogens is 194 g/mol. The first kappa shape index (κ1) is 11.6. The second-order valence-corrected chi connectivity index (χ2v) is 4.69. The SMILES string of the molecule is CCN(CCN)Cc1nc(C)c(C)s1. The summed E-state index contributed by atoms with van der Waals surface area (Å²) >= 11 is 1.79. The Kier molecular flexibility index (Phi) is 4.51. The number of aryl methyl sites for hydroxylation is 2. The van der Waals surface area contributed by atoms with Gasteiger partial charge in [-0.05, 0) is 20.4 Å². The molecule has 2 N–H and O–H groups in total. The van der Waals surface area contributed by atoms with Crippen molar-refractivity contribution in [1.82, 2.24) is 9.88 Å². The van der Waals surface area contributed by atoms with Gasteiger partial charge in [0.15, 0.2) is 0 Å². The molecule has 3 nitrogen and oxygen atoms in total. The number of nitrogens with zero attached hydrogens (tertiary/aromatic N) is 2. The van der Waals surface area contributed by atoms with Gasteiger partial charge in [0.05, 0.1) is 12.2 Å². The van der Waals surface area contributed by atoms with E-state index in [1.54, 1.807) is 11.3 Å². The highest BCUT2D eigenvalue weighted by Gasteiger charge is 2.07. The van der Waals surface area contributed by atoms with E-state index >= 15 is 0 Å². The van der Waals surface area contributed by atoms with E-state index < -0.39 is 0 Å². The van der Waals surface area contributed by atoms with Crippen LogP contribution in [0.5, 0.6) is 0 Å². The standard InChI is InChI=1S/C10H19N3S/c1-4-13(6-5-11)7-10-12-8(2)9(3)14-10/h4-7,11H2,1-3H3. The minimum Gasteiger partial charge on any atom is -0.329 e. The van der Waals surface area contributed by atoms with E-state index in [9.17, 15) is 0 Å². The van der Waals surface area contributed by atoms with Crippen LogP contribution in [0.2, 0.25) is 0 Å². The molecule has 1 aromatic heterocycles. The smallest absolute Gasteiger partial charge is 0.107 e. The predicted molar refractivity (Wildman–Crippen MR) is 61.6 cm³/mol. The topological polar surface area (TPSA) is 42.1 Å². The summed E-state index contributed by atoms with van der Waals surface area (Å²) in [5, 5.41) is 1.20. The number of hydrogen-bond donors (Lipinski definition) is 1. The average molecular weight is 213 g/mol. The Morgan fingerprint density at radius 1 is 1.43 bits per heavy atom. The highest BCUT2D eigenvalue weighted by Crippen LogP contribution is 2.17. The van der Waals surface area contributed by atoms with Crippen molar-refractivity contribution in [3.63, 3.8) is 0 Å². The second kappa shape index (κ2) is 5.44. The Morgan fingerprint density at radius 3 is 2.57 bits per heavy atom. The van der Waals surface area contributed by atoms with Gasteiger partial charge in [-0.15, -0.1) is 11.3 Å². The molecule has 0 aliphatic heterocycles. The summed E-state index contributed by atoms with van der Waals surface area (Å²) in [4.78, 5) is 8.16. The molecule has 0 saturated carbocycles. The summed E-state index contributed by atoms with van der Waals surface area (Å²) in [5.41, 5.74) is 6.70. The van der Waals surface area contributed by atoms with Gasteiger partial charge in [-0.1, -0.05) is 6.92 Å². The fourth-order valence-electron chi connectivity index (χ4n) is 1.33. The van der Waals surface area contributed by atoms with Crippen molar-refractivity contribution < 1.29 is 0 Å². The van der Waals surface area contributed by atoms with Crippen molar-refractivity contribution in [1.29, 1.82) is 0 Å². The number of thiazole rings is 1. The minimum absolute atomic E-state index is 0.719. The molecule has 0 aliphatic carbocycles. The Balaban J connectivity index is 2.57. The fraction of sp³-hybridized carbons (Fsp3) is 0.700. The molecule has 0 aliphatic rings. The average Bonchev–Trinajstić information content (AvgIpc) is 2.45. The third kappa shape index (κ3) is 3.04.